The van der Waals surface area contributed by atoms with E-state index in [-0.39, 0.29) is 5.82 Å². The van der Waals surface area contributed by atoms with E-state index in [2.05, 4.69) is 42.4 Å². The number of benzene rings is 2. The van der Waals surface area contributed by atoms with Crippen LogP contribution in [-0.4, -0.2) is 4.98 Å². The first-order valence-corrected chi connectivity index (χ1v) is 7.32. The number of rotatable bonds is 5. The van der Waals surface area contributed by atoms with Gasteiger partial charge >= 0.3 is 0 Å². The predicted octanol–water partition coefficient (Wildman–Crippen LogP) is 5.81. The Labute approximate surface area is 129 Å². The second kappa shape index (κ2) is 6.02. The highest BCUT2D eigenvalue weighted by Gasteiger charge is 2.04. The maximum atomic E-state index is 12.9. The van der Waals surface area contributed by atoms with E-state index >= 15 is 0 Å². The van der Waals surface area contributed by atoms with Crippen molar-refractivity contribution in [2.24, 2.45) is 0 Å². The number of hydrogen-bond donors (Lipinski definition) is 1. The van der Waals surface area contributed by atoms with Crippen molar-refractivity contribution >= 4 is 22.0 Å². The summed E-state index contributed by atoms with van der Waals surface area (Å²) in [5.74, 6) is -0.222. The van der Waals surface area contributed by atoms with Crippen LogP contribution in [-0.2, 0) is 0 Å². The molecule has 0 unspecified atom stereocenters. The van der Waals surface area contributed by atoms with Gasteiger partial charge in [0.1, 0.15) is 5.82 Å². The lowest BCUT2D eigenvalue weighted by atomic mass is 9.96. The van der Waals surface area contributed by atoms with Gasteiger partial charge in [0.2, 0.25) is 0 Å². The van der Waals surface area contributed by atoms with Crippen molar-refractivity contribution in [3.05, 3.63) is 84.8 Å². The number of nitrogens with one attached hydrogen (secondary N) is 1. The fourth-order valence-electron chi connectivity index (χ4n) is 2.55. The second-order valence-electron chi connectivity index (χ2n) is 5.49. The van der Waals surface area contributed by atoms with Crippen LogP contribution in [0.1, 0.15) is 24.0 Å². The van der Waals surface area contributed by atoms with Crippen LogP contribution in [0.5, 0.6) is 0 Å². The maximum Gasteiger partial charge on any atom is 0.123 e. The molecule has 0 aliphatic rings. The Morgan fingerprint density at radius 2 is 1.50 bits per heavy atom. The van der Waals surface area contributed by atoms with Gasteiger partial charge in [-0.15, -0.1) is 0 Å². The second-order valence-corrected chi connectivity index (χ2v) is 5.49. The molecule has 0 radical (unpaired) electrons. The van der Waals surface area contributed by atoms with Crippen molar-refractivity contribution in [2.45, 2.75) is 12.8 Å². The van der Waals surface area contributed by atoms with Gasteiger partial charge in [0.15, 0.2) is 0 Å². The van der Waals surface area contributed by atoms with E-state index in [1.165, 1.54) is 17.5 Å². The standard InChI is InChI=1S/C20H18FN/c1-14(16-5-8-19(21)9-6-16)3-4-15(2)17-7-10-20-18(13-17)11-12-22-20/h5-13,22H,1-4H2. The summed E-state index contributed by atoms with van der Waals surface area (Å²) < 4.78 is 12.9. The summed E-state index contributed by atoms with van der Waals surface area (Å²) in [6.07, 6.45) is 3.59. The number of H-pyrrole nitrogens is 1. The van der Waals surface area contributed by atoms with Gasteiger partial charge in [0, 0.05) is 11.7 Å². The van der Waals surface area contributed by atoms with Crippen LogP contribution in [0.3, 0.4) is 0 Å². The van der Waals surface area contributed by atoms with E-state index in [1.54, 1.807) is 12.1 Å². The molecule has 0 saturated carbocycles. The fourth-order valence-corrected chi connectivity index (χ4v) is 2.55. The Morgan fingerprint density at radius 3 is 2.23 bits per heavy atom. The van der Waals surface area contributed by atoms with Crippen LogP contribution in [0.2, 0.25) is 0 Å². The fraction of sp³-hybridized carbons (Fsp3) is 0.100. The van der Waals surface area contributed by atoms with Gasteiger partial charge in [-0.3, -0.25) is 0 Å². The lowest BCUT2D eigenvalue weighted by Crippen LogP contribution is -1.88. The zero-order valence-electron chi connectivity index (χ0n) is 12.4. The van der Waals surface area contributed by atoms with Crippen LogP contribution < -0.4 is 0 Å². The van der Waals surface area contributed by atoms with E-state index in [9.17, 15) is 4.39 Å². The molecule has 1 nitrogen and oxygen atoms in total. The predicted molar refractivity (Wildman–Crippen MR) is 92.0 cm³/mol. The van der Waals surface area contributed by atoms with Crippen molar-refractivity contribution < 1.29 is 4.39 Å². The lowest BCUT2D eigenvalue weighted by molar-refractivity contribution is 0.627. The Hall–Kier alpha value is -2.61. The Balaban J connectivity index is 1.66. The molecule has 3 aromatic rings. The van der Waals surface area contributed by atoms with Crippen LogP contribution in [0.15, 0.2) is 67.9 Å². The smallest absolute Gasteiger partial charge is 0.123 e. The normalized spacial score (nSPS) is 10.8. The molecule has 0 spiro atoms. The average Bonchev–Trinajstić information content (AvgIpc) is 3.00. The quantitative estimate of drug-likeness (QED) is 0.610. The molecule has 0 atom stereocenters. The zero-order chi connectivity index (χ0) is 15.5. The minimum Gasteiger partial charge on any atom is -0.361 e. The number of aromatic nitrogens is 1. The monoisotopic (exact) mass is 291 g/mol. The van der Waals surface area contributed by atoms with Gasteiger partial charge in [-0.1, -0.05) is 31.4 Å². The van der Waals surface area contributed by atoms with Gasteiger partial charge in [-0.25, -0.2) is 4.39 Å². The molecule has 0 saturated heterocycles. The van der Waals surface area contributed by atoms with Gasteiger partial charge in [0.25, 0.3) is 0 Å². The molecular weight excluding hydrogens is 273 g/mol. The summed E-state index contributed by atoms with van der Waals surface area (Å²) in [4.78, 5) is 3.19. The minimum atomic E-state index is -0.222. The van der Waals surface area contributed by atoms with Gasteiger partial charge in [-0.05, 0) is 70.8 Å². The molecule has 1 heterocycles. The van der Waals surface area contributed by atoms with E-state index in [0.29, 0.717) is 0 Å². The van der Waals surface area contributed by atoms with E-state index in [4.69, 9.17) is 0 Å². The Bertz CT molecular complexity index is 824. The Morgan fingerprint density at radius 1 is 0.864 bits per heavy atom. The summed E-state index contributed by atoms with van der Waals surface area (Å²) in [7, 11) is 0. The van der Waals surface area contributed by atoms with Crippen molar-refractivity contribution in [2.75, 3.05) is 0 Å². The Kier molecular flexibility index (Phi) is 3.92. The van der Waals surface area contributed by atoms with Crippen molar-refractivity contribution in [3.63, 3.8) is 0 Å². The molecule has 2 heteroatoms. The first-order valence-electron chi connectivity index (χ1n) is 7.32. The summed E-state index contributed by atoms with van der Waals surface area (Å²) in [6.45, 7) is 8.28. The molecule has 110 valence electrons. The number of allylic oxidation sites excluding steroid dienone is 2. The molecule has 22 heavy (non-hydrogen) atoms. The number of hydrogen-bond acceptors (Lipinski definition) is 0. The molecule has 0 bridgehead atoms. The highest BCUT2D eigenvalue weighted by atomic mass is 19.1. The third kappa shape index (κ3) is 3.01. The molecule has 3 rings (SSSR count). The van der Waals surface area contributed by atoms with Crippen molar-refractivity contribution in [3.8, 4) is 0 Å². The molecule has 0 fully saturated rings. The number of fused-ring (bicyclic) bond motifs is 1. The molecule has 2 aromatic carbocycles. The minimum absolute atomic E-state index is 0.222. The van der Waals surface area contributed by atoms with E-state index in [1.807, 2.05) is 6.20 Å². The zero-order valence-corrected chi connectivity index (χ0v) is 12.4. The van der Waals surface area contributed by atoms with Crippen LogP contribution >= 0.6 is 0 Å². The largest absolute Gasteiger partial charge is 0.361 e. The summed E-state index contributed by atoms with van der Waals surface area (Å²) in [5, 5.41) is 1.19. The molecular formula is C20H18FN. The first kappa shape index (κ1) is 14.3. The van der Waals surface area contributed by atoms with Crippen LogP contribution in [0, 0.1) is 5.82 Å². The van der Waals surface area contributed by atoms with Crippen LogP contribution in [0.4, 0.5) is 4.39 Å². The topological polar surface area (TPSA) is 15.8 Å². The SMILES string of the molecule is C=C(CCC(=C)c1ccc2[nH]ccc2c1)c1ccc(F)cc1. The summed E-state index contributed by atoms with van der Waals surface area (Å²) in [5.41, 5.74) is 5.36. The van der Waals surface area contributed by atoms with E-state index < -0.39 is 0 Å². The molecule has 0 aliphatic heterocycles. The third-order valence-corrected chi connectivity index (χ3v) is 3.94. The molecule has 1 aromatic heterocycles. The van der Waals surface area contributed by atoms with Crippen molar-refractivity contribution in [1.82, 2.24) is 4.98 Å². The summed E-state index contributed by atoms with van der Waals surface area (Å²) in [6, 6.07) is 14.8. The number of halogens is 1. The van der Waals surface area contributed by atoms with Gasteiger partial charge in [0.05, 0.1) is 0 Å². The van der Waals surface area contributed by atoms with Gasteiger partial charge < -0.3 is 4.98 Å². The average molecular weight is 291 g/mol. The van der Waals surface area contributed by atoms with Gasteiger partial charge in [-0.2, -0.15) is 0 Å². The number of aromatic amines is 1. The maximum absolute atomic E-state index is 12.9. The molecule has 1 N–H and O–H groups in total. The first-order chi connectivity index (χ1) is 10.6. The van der Waals surface area contributed by atoms with Crippen molar-refractivity contribution in [1.29, 1.82) is 0 Å². The highest BCUT2D eigenvalue weighted by Crippen LogP contribution is 2.26. The molecule has 0 amide bonds. The van der Waals surface area contributed by atoms with Crippen LogP contribution in [0.25, 0.3) is 22.0 Å². The molecule has 0 aliphatic carbocycles. The summed E-state index contributed by atoms with van der Waals surface area (Å²) >= 11 is 0. The highest BCUT2D eigenvalue weighted by molar-refractivity contribution is 5.83. The van der Waals surface area contributed by atoms with E-state index in [0.717, 1.165) is 40.6 Å². The third-order valence-electron chi connectivity index (χ3n) is 3.94. The lowest BCUT2D eigenvalue weighted by Gasteiger charge is -2.09.